The molecule has 0 bridgehead atoms. The van der Waals surface area contributed by atoms with Crippen molar-refractivity contribution in [2.24, 2.45) is 0 Å². The van der Waals surface area contributed by atoms with Gasteiger partial charge in [0, 0.05) is 11.4 Å². The van der Waals surface area contributed by atoms with E-state index in [1.54, 1.807) is 12.1 Å². The predicted molar refractivity (Wildman–Crippen MR) is 116 cm³/mol. The van der Waals surface area contributed by atoms with Crippen LogP contribution in [0.25, 0.3) is 11.0 Å². The maximum atomic E-state index is 12.6. The van der Waals surface area contributed by atoms with Gasteiger partial charge < -0.3 is 19.2 Å². The van der Waals surface area contributed by atoms with E-state index in [4.69, 9.17) is 13.9 Å². The number of fused-ring (bicyclic) bond motifs is 1. The molecular weight excluding hydrogens is 382 g/mol. The average Bonchev–Trinajstić information content (AvgIpc) is 2.75. The third-order valence-corrected chi connectivity index (χ3v) is 5.25. The van der Waals surface area contributed by atoms with E-state index in [9.17, 15) is 9.59 Å². The van der Waals surface area contributed by atoms with Gasteiger partial charge in [-0.3, -0.25) is 4.79 Å². The Morgan fingerprint density at radius 1 is 1.10 bits per heavy atom. The van der Waals surface area contributed by atoms with E-state index in [-0.39, 0.29) is 18.4 Å². The van der Waals surface area contributed by atoms with Crippen LogP contribution in [0.3, 0.4) is 0 Å². The second kappa shape index (κ2) is 9.48. The van der Waals surface area contributed by atoms with Gasteiger partial charge in [0.2, 0.25) is 11.7 Å². The largest absolute Gasteiger partial charge is 0.493 e. The first-order chi connectivity index (χ1) is 14.4. The molecule has 0 saturated heterocycles. The van der Waals surface area contributed by atoms with Crippen molar-refractivity contribution in [2.45, 2.75) is 39.2 Å². The van der Waals surface area contributed by atoms with Gasteiger partial charge in [0.1, 0.15) is 0 Å². The predicted octanol–water partition coefficient (Wildman–Crippen LogP) is 3.80. The maximum Gasteiger partial charge on any atom is 0.340 e. The molecule has 0 unspecified atom stereocenters. The molecule has 0 saturated carbocycles. The van der Waals surface area contributed by atoms with Crippen LogP contribution in [-0.4, -0.2) is 26.2 Å². The Bertz CT molecular complexity index is 1090. The van der Waals surface area contributed by atoms with Crippen LogP contribution < -0.4 is 20.4 Å². The molecule has 1 N–H and O–H groups in total. The number of carbonyl (C=O) groups excluding carboxylic acids is 1. The SMILES string of the molecule is COc1ccc2c(C)c(CC(=O)N[C@@H](C)CCc3ccccc3)c(=O)oc2c1OC. The molecule has 1 heterocycles. The molecule has 3 rings (SSSR count). The fourth-order valence-corrected chi connectivity index (χ4v) is 3.56. The second-order valence-electron chi connectivity index (χ2n) is 7.34. The highest BCUT2D eigenvalue weighted by atomic mass is 16.5. The molecule has 0 spiro atoms. The Hall–Kier alpha value is -3.28. The summed E-state index contributed by atoms with van der Waals surface area (Å²) in [5, 5.41) is 3.69. The zero-order valence-corrected chi connectivity index (χ0v) is 17.8. The van der Waals surface area contributed by atoms with Crippen LogP contribution in [0, 0.1) is 6.92 Å². The third kappa shape index (κ3) is 4.64. The van der Waals surface area contributed by atoms with Gasteiger partial charge in [0.25, 0.3) is 0 Å². The number of benzene rings is 2. The van der Waals surface area contributed by atoms with Gasteiger partial charge in [-0.1, -0.05) is 30.3 Å². The summed E-state index contributed by atoms with van der Waals surface area (Å²) in [6, 6.07) is 13.7. The number of aryl methyl sites for hydroxylation is 2. The van der Waals surface area contributed by atoms with Crippen LogP contribution in [0.4, 0.5) is 0 Å². The van der Waals surface area contributed by atoms with Crippen molar-refractivity contribution in [1.29, 1.82) is 0 Å². The molecule has 3 aromatic rings. The van der Waals surface area contributed by atoms with E-state index in [2.05, 4.69) is 17.4 Å². The number of amides is 1. The van der Waals surface area contributed by atoms with Crippen LogP contribution >= 0.6 is 0 Å². The first-order valence-electron chi connectivity index (χ1n) is 9.95. The number of rotatable bonds is 8. The van der Waals surface area contributed by atoms with Crippen molar-refractivity contribution in [2.75, 3.05) is 14.2 Å². The molecule has 1 atom stereocenters. The number of hydrogen-bond donors (Lipinski definition) is 1. The molecule has 158 valence electrons. The number of carbonyl (C=O) groups is 1. The Morgan fingerprint density at radius 3 is 2.50 bits per heavy atom. The molecule has 2 aromatic carbocycles. The molecule has 0 aliphatic rings. The van der Waals surface area contributed by atoms with Crippen molar-refractivity contribution in [3.05, 3.63) is 69.6 Å². The summed E-state index contributed by atoms with van der Waals surface area (Å²) in [5.41, 5.74) is 2.06. The minimum atomic E-state index is -0.543. The molecule has 6 heteroatoms. The first kappa shape index (κ1) is 21.4. The second-order valence-corrected chi connectivity index (χ2v) is 7.34. The Balaban J connectivity index is 1.75. The highest BCUT2D eigenvalue weighted by Crippen LogP contribution is 2.36. The summed E-state index contributed by atoms with van der Waals surface area (Å²) in [6.07, 6.45) is 1.66. The van der Waals surface area contributed by atoms with Gasteiger partial charge in [0.15, 0.2) is 11.3 Å². The summed E-state index contributed by atoms with van der Waals surface area (Å²) in [4.78, 5) is 25.2. The molecule has 6 nitrogen and oxygen atoms in total. The fraction of sp³-hybridized carbons (Fsp3) is 0.333. The van der Waals surface area contributed by atoms with Crippen molar-refractivity contribution in [3.8, 4) is 11.5 Å². The van der Waals surface area contributed by atoms with Crippen molar-refractivity contribution >= 4 is 16.9 Å². The minimum absolute atomic E-state index is 0.00475. The highest BCUT2D eigenvalue weighted by molar-refractivity contribution is 5.89. The van der Waals surface area contributed by atoms with Crippen LogP contribution in [-0.2, 0) is 17.6 Å². The Labute approximate surface area is 175 Å². The standard InChI is InChI=1S/C24H27NO5/c1-15(10-11-17-8-6-5-7-9-17)25-21(26)14-19-16(2)18-12-13-20(28-3)23(29-4)22(18)30-24(19)27/h5-9,12-13,15H,10-11,14H2,1-4H3,(H,25,26)/t15-/m0/s1. The average molecular weight is 409 g/mol. The lowest BCUT2D eigenvalue weighted by atomic mass is 10.0. The first-order valence-corrected chi connectivity index (χ1v) is 9.95. The maximum absolute atomic E-state index is 12.6. The monoisotopic (exact) mass is 409 g/mol. The van der Waals surface area contributed by atoms with Gasteiger partial charge in [-0.2, -0.15) is 0 Å². The van der Waals surface area contributed by atoms with Gasteiger partial charge in [-0.15, -0.1) is 0 Å². The number of nitrogens with one attached hydrogen (secondary N) is 1. The molecule has 30 heavy (non-hydrogen) atoms. The molecule has 1 aromatic heterocycles. The lowest BCUT2D eigenvalue weighted by Crippen LogP contribution is -2.35. The van der Waals surface area contributed by atoms with E-state index in [0.717, 1.165) is 12.8 Å². The summed E-state index contributed by atoms with van der Waals surface area (Å²) in [7, 11) is 3.01. The molecule has 0 aliphatic carbocycles. The zero-order valence-electron chi connectivity index (χ0n) is 17.8. The smallest absolute Gasteiger partial charge is 0.340 e. The van der Waals surface area contributed by atoms with Crippen LogP contribution in [0.2, 0.25) is 0 Å². The Kier molecular flexibility index (Phi) is 6.77. The van der Waals surface area contributed by atoms with Crippen LogP contribution in [0.5, 0.6) is 11.5 Å². The third-order valence-electron chi connectivity index (χ3n) is 5.25. The van der Waals surface area contributed by atoms with E-state index in [0.29, 0.717) is 33.6 Å². The summed E-state index contributed by atoms with van der Waals surface area (Å²) >= 11 is 0. The number of methoxy groups -OCH3 is 2. The molecule has 0 fully saturated rings. The van der Waals surface area contributed by atoms with E-state index in [1.807, 2.05) is 32.0 Å². The van der Waals surface area contributed by atoms with Crippen molar-refractivity contribution < 1.29 is 18.7 Å². The van der Waals surface area contributed by atoms with Gasteiger partial charge >= 0.3 is 5.63 Å². The quantitative estimate of drug-likeness (QED) is 0.573. The normalized spacial score (nSPS) is 11.9. The molecule has 1 amide bonds. The summed E-state index contributed by atoms with van der Waals surface area (Å²) < 4.78 is 16.1. The van der Waals surface area contributed by atoms with E-state index >= 15 is 0 Å². The zero-order chi connectivity index (χ0) is 21.7. The van der Waals surface area contributed by atoms with Crippen molar-refractivity contribution in [1.82, 2.24) is 5.32 Å². The van der Waals surface area contributed by atoms with Crippen LogP contribution in [0.15, 0.2) is 51.7 Å². The topological polar surface area (TPSA) is 77.8 Å². The number of ether oxygens (including phenoxy) is 2. The summed E-state index contributed by atoms with van der Waals surface area (Å²) in [5.74, 6) is 0.636. The van der Waals surface area contributed by atoms with Gasteiger partial charge in [0.05, 0.1) is 26.2 Å². The van der Waals surface area contributed by atoms with E-state index in [1.165, 1.54) is 19.8 Å². The number of hydrogen-bond acceptors (Lipinski definition) is 5. The lowest BCUT2D eigenvalue weighted by molar-refractivity contribution is -0.121. The molecular formula is C24H27NO5. The van der Waals surface area contributed by atoms with E-state index < -0.39 is 5.63 Å². The lowest BCUT2D eigenvalue weighted by Gasteiger charge is -2.15. The minimum Gasteiger partial charge on any atom is -0.493 e. The van der Waals surface area contributed by atoms with Crippen LogP contribution in [0.1, 0.15) is 30.0 Å². The van der Waals surface area contributed by atoms with Gasteiger partial charge in [-0.25, -0.2) is 4.79 Å². The fourth-order valence-electron chi connectivity index (χ4n) is 3.56. The van der Waals surface area contributed by atoms with Crippen molar-refractivity contribution in [3.63, 3.8) is 0 Å². The highest BCUT2D eigenvalue weighted by Gasteiger charge is 2.20. The summed E-state index contributed by atoms with van der Waals surface area (Å²) in [6.45, 7) is 3.78. The molecule has 0 aliphatic heterocycles. The van der Waals surface area contributed by atoms with Gasteiger partial charge in [-0.05, 0) is 49.9 Å². The Morgan fingerprint density at radius 2 is 1.83 bits per heavy atom. The molecule has 0 radical (unpaired) electrons.